The van der Waals surface area contributed by atoms with Gasteiger partial charge in [0.2, 0.25) is 0 Å². The summed E-state index contributed by atoms with van der Waals surface area (Å²) in [5, 5.41) is 3.43. The number of carbonyl (C=O) groups excluding carboxylic acids is 1. The van der Waals surface area contributed by atoms with Gasteiger partial charge in [0, 0.05) is 11.3 Å². The molecule has 6 heteroatoms. The van der Waals surface area contributed by atoms with Crippen LogP contribution < -0.4 is 15.6 Å². The standard InChI is InChI=1S/C24H19N3O3/c1-30-19-12-10-17(11-13-19)23(28)25-18-6-4-5-16(15-18)9-14-22-26-21-8-3-2-7-20(21)24(29)27-22/h2-15H,1H3,(H,25,28)(H,26,27,29)/b14-9+. The Morgan fingerprint density at radius 3 is 2.60 bits per heavy atom. The zero-order valence-corrected chi connectivity index (χ0v) is 16.3. The Balaban J connectivity index is 1.52. The fourth-order valence-electron chi connectivity index (χ4n) is 3.02. The molecule has 6 nitrogen and oxygen atoms in total. The number of hydrogen-bond acceptors (Lipinski definition) is 4. The molecule has 4 aromatic rings. The van der Waals surface area contributed by atoms with Gasteiger partial charge in [-0.15, -0.1) is 0 Å². The van der Waals surface area contributed by atoms with Crippen LogP contribution in [0.1, 0.15) is 21.7 Å². The molecule has 0 spiro atoms. The van der Waals surface area contributed by atoms with E-state index in [1.165, 1.54) is 0 Å². The number of aromatic amines is 1. The molecule has 0 unspecified atom stereocenters. The van der Waals surface area contributed by atoms with Crippen molar-refractivity contribution >= 4 is 34.6 Å². The van der Waals surface area contributed by atoms with E-state index in [1.54, 1.807) is 55.7 Å². The van der Waals surface area contributed by atoms with E-state index in [9.17, 15) is 9.59 Å². The van der Waals surface area contributed by atoms with Crippen molar-refractivity contribution in [1.82, 2.24) is 9.97 Å². The number of benzene rings is 3. The zero-order valence-electron chi connectivity index (χ0n) is 16.3. The lowest BCUT2D eigenvalue weighted by molar-refractivity contribution is 0.102. The number of nitrogens with one attached hydrogen (secondary N) is 2. The van der Waals surface area contributed by atoms with Crippen molar-refractivity contribution in [3.05, 3.63) is 100 Å². The molecule has 0 bridgehead atoms. The number of hydrogen-bond donors (Lipinski definition) is 2. The normalized spacial score (nSPS) is 11.0. The Hall–Kier alpha value is -4.19. The third-order valence-electron chi connectivity index (χ3n) is 4.56. The van der Waals surface area contributed by atoms with E-state index in [0.29, 0.717) is 33.7 Å². The van der Waals surface area contributed by atoms with Crippen LogP contribution in [0.5, 0.6) is 5.75 Å². The van der Waals surface area contributed by atoms with Crippen LogP contribution in [-0.4, -0.2) is 23.0 Å². The Kier molecular flexibility index (Phi) is 5.39. The highest BCUT2D eigenvalue weighted by Crippen LogP contribution is 2.16. The molecular formula is C24H19N3O3. The maximum atomic E-state index is 12.4. The van der Waals surface area contributed by atoms with Gasteiger partial charge in [0.15, 0.2) is 0 Å². The molecule has 0 fully saturated rings. The van der Waals surface area contributed by atoms with Crippen molar-refractivity contribution in [3.63, 3.8) is 0 Å². The molecule has 2 N–H and O–H groups in total. The second-order valence-corrected chi connectivity index (χ2v) is 6.61. The van der Waals surface area contributed by atoms with Crippen LogP contribution in [0.4, 0.5) is 5.69 Å². The maximum Gasteiger partial charge on any atom is 0.259 e. The molecule has 1 aromatic heterocycles. The predicted octanol–water partition coefficient (Wildman–Crippen LogP) is 4.35. The molecule has 1 heterocycles. The molecular weight excluding hydrogens is 378 g/mol. The summed E-state index contributed by atoms with van der Waals surface area (Å²) in [4.78, 5) is 31.8. The van der Waals surface area contributed by atoms with E-state index in [4.69, 9.17) is 4.74 Å². The largest absolute Gasteiger partial charge is 0.497 e. The van der Waals surface area contributed by atoms with Crippen LogP contribution in [0.25, 0.3) is 23.1 Å². The smallest absolute Gasteiger partial charge is 0.259 e. The molecule has 3 aromatic carbocycles. The highest BCUT2D eigenvalue weighted by atomic mass is 16.5. The molecule has 0 saturated heterocycles. The number of carbonyl (C=O) groups is 1. The Morgan fingerprint density at radius 1 is 1.00 bits per heavy atom. The van der Waals surface area contributed by atoms with Gasteiger partial charge < -0.3 is 15.0 Å². The first-order chi connectivity index (χ1) is 14.6. The number of para-hydroxylation sites is 1. The SMILES string of the molecule is COc1ccc(C(=O)Nc2cccc(/C=C/c3nc4ccccc4c(=O)[nH]3)c2)cc1. The fraction of sp³-hybridized carbons (Fsp3) is 0.0417. The topological polar surface area (TPSA) is 84.1 Å². The molecule has 0 saturated carbocycles. The Morgan fingerprint density at radius 2 is 1.80 bits per heavy atom. The van der Waals surface area contributed by atoms with Gasteiger partial charge in [-0.1, -0.05) is 30.3 Å². The number of aromatic nitrogens is 2. The van der Waals surface area contributed by atoms with Gasteiger partial charge in [-0.2, -0.15) is 0 Å². The van der Waals surface area contributed by atoms with Crippen LogP contribution >= 0.6 is 0 Å². The summed E-state index contributed by atoms with van der Waals surface area (Å²) in [7, 11) is 1.58. The van der Waals surface area contributed by atoms with Gasteiger partial charge >= 0.3 is 0 Å². The molecule has 0 aliphatic carbocycles. The first-order valence-corrected chi connectivity index (χ1v) is 9.35. The molecule has 0 atom stereocenters. The molecule has 4 rings (SSSR count). The van der Waals surface area contributed by atoms with Gasteiger partial charge in [0.05, 0.1) is 18.0 Å². The van der Waals surface area contributed by atoms with Crippen molar-refractivity contribution in [2.75, 3.05) is 12.4 Å². The first kappa shape index (κ1) is 19.1. The number of amides is 1. The second kappa shape index (κ2) is 8.45. The highest BCUT2D eigenvalue weighted by molar-refractivity contribution is 6.04. The summed E-state index contributed by atoms with van der Waals surface area (Å²) in [5.74, 6) is 0.949. The van der Waals surface area contributed by atoms with Crippen molar-refractivity contribution in [1.29, 1.82) is 0 Å². The first-order valence-electron chi connectivity index (χ1n) is 9.35. The van der Waals surface area contributed by atoms with Crippen LogP contribution in [0.2, 0.25) is 0 Å². The van der Waals surface area contributed by atoms with E-state index in [1.807, 2.05) is 36.4 Å². The van der Waals surface area contributed by atoms with Crippen LogP contribution in [0, 0.1) is 0 Å². The Labute approximate surface area is 172 Å². The highest BCUT2D eigenvalue weighted by Gasteiger charge is 2.06. The second-order valence-electron chi connectivity index (χ2n) is 6.61. The molecule has 0 aliphatic rings. The van der Waals surface area contributed by atoms with E-state index < -0.39 is 0 Å². The lowest BCUT2D eigenvalue weighted by atomic mass is 10.1. The summed E-state index contributed by atoms with van der Waals surface area (Å²) in [6.07, 6.45) is 3.56. The van der Waals surface area contributed by atoms with Gasteiger partial charge in [-0.05, 0) is 60.2 Å². The number of nitrogens with zero attached hydrogens (tertiary/aromatic N) is 1. The molecule has 0 radical (unpaired) electrons. The monoisotopic (exact) mass is 397 g/mol. The Bertz CT molecular complexity index is 1290. The molecule has 0 aliphatic heterocycles. The van der Waals surface area contributed by atoms with Gasteiger partial charge in [0.25, 0.3) is 11.5 Å². The lowest BCUT2D eigenvalue weighted by Gasteiger charge is -2.07. The van der Waals surface area contributed by atoms with Gasteiger partial charge in [-0.25, -0.2) is 4.98 Å². The molecule has 30 heavy (non-hydrogen) atoms. The average molecular weight is 397 g/mol. The van der Waals surface area contributed by atoms with E-state index >= 15 is 0 Å². The average Bonchev–Trinajstić information content (AvgIpc) is 2.78. The summed E-state index contributed by atoms with van der Waals surface area (Å²) in [6.45, 7) is 0. The van der Waals surface area contributed by atoms with Crippen molar-refractivity contribution < 1.29 is 9.53 Å². The van der Waals surface area contributed by atoms with E-state index in [0.717, 1.165) is 5.56 Å². The number of ether oxygens (including phenoxy) is 1. The maximum absolute atomic E-state index is 12.4. The summed E-state index contributed by atoms with van der Waals surface area (Å²) < 4.78 is 5.11. The van der Waals surface area contributed by atoms with Gasteiger partial charge in [-0.3, -0.25) is 9.59 Å². The number of rotatable bonds is 5. The summed E-state index contributed by atoms with van der Waals surface area (Å²) >= 11 is 0. The minimum absolute atomic E-state index is 0.180. The van der Waals surface area contributed by atoms with E-state index in [-0.39, 0.29) is 11.5 Å². The third kappa shape index (κ3) is 4.28. The molecule has 1 amide bonds. The van der Waals surface area contributed by atoms with Crippen LogP contribution in [0.15, 0.2) is 77.6 Å². The van der Waals surface area contributed by atoms with Crippen molar-refractivity contribution in [3.8, 4) is 5.75 Å². The number of fused-ring (bicyclic) bond motifs is 1. The minimum Gasteiger partial charge on any atom is -0.497 e. The van der Waals surface area contributed by atoms with Crippen LogP contribution in [0.3, 0.4) is 0 Å². The number of methoxy groups -OCH3 is 1. The lowest BCUT2D eigenvalue weighted by Crippen LogP contribution is -2.11. The third-order valence-corrected chi connectivity index (χ3v) is 4.56. The summed E-state index contributed by atoms with van der Waals surface area (Å²) in [6, 6.07) is 21.5. The minimum atomic E-state index is -0.209. The van der Waals surface area contributed by atoms with Crippen molar-refractivity contribution in [2.24, 2.45) is 0 Å². The quantitative estimate of drug-likeness (QED) is 0.524. The number of H-pyrrole nitrogens is 1. The van der Waals surface area contributed by atoms with Crippen molar-refractivity contribution in [2.45, 2.75) is 0 Å². The van der Waals surface area contributed by atoms with Crippen LogP contribution in [-0.2, 0) is 0 Å². The fourth-order valence-corrected chi connectivity index (χ4v) is 3.02. The molecule has 148 valence electrons. The predicted molar refractivity (Wildman–Crippen MR) is 119 cm³/mol. The summed E-state index contributed by atoms with van der Waals surface area (Å²) in [5.41, 5.74) is 2.52. The zero-order chi connectivity index (χ0) is 20.9. The van der Waals surface area contributed by atoms with Gasteiger partial charge in [0.1, 0.15) is 11.6 Å². The van der Waals surface area contributed by atoms with E-state index in [2.05, 4.69) is 15.3 Å². The number of anilines is 1.